The van der Waals surface area contributed by atoms with Gasteiger partial charge in [-0.25, -0.2) is 5.43 Å². The Morgan fingerprint density at radius 1 is 1.43 bits per heavy atom. The number of benzene rings is 1. The van der Waals surface area contributed by atoms with Gasteiger partial charge in [0.15, 0.2) is 6.10 Å². The minimum absolute atomic E-state index is 0.337. The number of nitrogens with zero attached hydrogens (tertiary/aromatic N) is 1. The van der Waals surface area contributed by atoms with E-state index in [1.54, 1.807) is 31.2 Å². The lowest BCUT2D eigenvalue weighted by atomic mass is 10.3. The highest BCUT2D eigenvalue weighted by atomic mass is 35.5. The van der Waals surface area contributed by atoms with E-state index >= 15 is 0 Å². The van der Waals surface area contributed by atoms with Crippen LogP contribution in [-0.2, 0) is 4.79 Å². The summed E-state index contributed by atoms with van der Waals surface area (Å²) in [4.78, 5) is 11.8. The first-order valence-electron chi connectivity index (χ1n) is 6.03. The summed E-state index contributed by atoms with van der Waals surface area (Å²) < 4.78 is 10.3. The van der Waals surface area contributed by atoms with Gasteiger partial charge in [0.05, 0.1) is 23.8 Å². The van der Waals surface area contributed by atoms with Gasteiger partial charge in [-0.2, -0.15) is 5.10 Å². The minimum atomic E-state index is -0.759. The molecule has 0 saturated heterocycles. The predicted molar refractivity (Wildman–Crippen MR) is 81.0 cm³/mol. The predicted octanol–water partition coefficient (Wildman–Crippen LogP) is 3.50. The van der Waals surface area contributed by atoms with Crippen LogP contribution in [0.15, 0.2) is 46.3 Å². The number of amides is 1. The van der Waals surface area contributed by atoms with Gasteiger partial charge in [-0.3, -0.25) is 4.79 Å². The van der Waals surface area contributed by atoms with Crippen molar-refractivity contribution in [2.45, 2.75) is 13.0 Å². The fourth-order valence-electron chi connectivity index (χ4n) is 1.42. The maximum absolute atomic E-state index is 11.8. The monoisotopic (exact) mass is 326 g/mol. The van der Waals surface area contributed by atoms with E-state index in [2.05, 4.69) is 10.5 Å². The van der Waals surface area contributed by atoms with Crippen molar-refractivity contribution in [3.05, 3.63) is 52.4 Å². The molecule has 5 nitrogen and oxygen atoms in total. The number of carbonyl (C=O) groups is 1. The Morgan fingerprint density at radius 3 is 2.90 bits per heavy atom. The third-order valence-corrected chi connectivity index (χ3v) is 3.03. The number of hydrogen-bond donors (Lipinski definition) is 1. The highest BCUT2D eigenvalue weighted by molar-refractivity contribution is 6.35. The minimum Gasteiger partial charge on any atom is -0.479 e. The highest BCUT2D eigenvalue weighted by Gasteiger charge is 2.15. The fraction of sp³-hybridized carbons (Fsp3) is 0.143. The van der Waals surface area contributed by atoms with Crippen molar-refractivity contribution in [3.63, 3.8) is 0 Å². The summed E-state index contributed by atoms with van der Waals surface area (Å²) >= 11 is 11.8. The Kier molecular flexibility index (Phi) is 5.25. The second-order valence-electron chi connectivity index (χ2n) is 4.13. The molecule has 0 radical (unpaired) electrons. The zero-order valence-electron chi connectivity index (χ0n) is 11.0. The van der Waals surface area contributed by atoms with Crippen LogP contribution in [0.3, 0.4) is 0 Å². The molecule has 2 aromatic rings. The summed E-state index contributed by atoms with van der Waals surface area (Å²) in [6.45, 7) is 1.59. The number of hydrogen-bond acceptors (Lipinski definition) is 4. The molecule has 1 N–H and O–H groups in total. The van der Waals surface area contributed by atoms with Crippen molar-refractivity contribution in [1.82, 2.24) is 5.43 Å². The molecule has 1 amide bonds. The number of nitrogens with one attached hydrogen (secondary N) is 1. The zero-order valence-corrected chi connectivity index (χ0v) is 12.6. The van der Waals surface area contributed by atoms with Gasteiger partial charge in [0, 0.05) is 10.6 Å². The molecule has 7 heteroatoms. The van der Waals surface area contributed by atoms with E-state index in [0.717, 1.165) is 5.56 Å². The van der Waals surface area contributed by atoms with Crippen LogP contribution >= 0.6 is 23.2 Å². The molecule has 1 heterocycles. The van der Waals surface area contributed by atoms with Gasteiger partial charge >= 0.3 is 0 Å². The Labute approximate surface area is 131 Å². The van der Waals surface area contributed by atoms with Crippen LogP contribution in [0.5, 0.6) is 5.75 Å². The number of ether oxygens (including phenoxy) is 1. The Morgan fingerprint density at radius 2 is 2.24 bits per heavy atom. The number of furan rings is 1. The zero-order chi connectivity index (χ0) is 15.2. The summed E-state index contributed by atoms with van der Waals surface area (Å²) in [5.74, 6) is -0.0247. The second kappa shape index (κ2) is 7.15. The van der Waals surface area contributed by atoms with Crippen LogP contribution in [0.2, 0.25) is 10.0 Å². The number of rotatable bonds is 5. The summed E-state index contributed by atoms with van der Waals surface area (Å²) in [5, 5.41) is 4.63. The van der Waals surface area contributed by atoms with Gasteiger partial charge in [0.2, 0.25) is 0 Å². The maximum atomic E-state index is 11.8. The molecule has 0 spiro atoms. The van der Waals surface area contributed by atoms with Crippen molar-refractivity contribution in [2.24, 2.45) is 5.10 Å². The van der Waals surface area contributed by atoms with Gasteiger partial charge in [-0.1, -0.05) is 23.2 Å². The third kappa shape index (κ3) is 4.51. The average molecular weight is 327 g/mol. The Bertz CT molecular complexity index is 642. The van der Waals surface area contributed by atoms with E-state index in [1.807, 2.05) is 0 Å². The summed E-state index contributed by atoms with van der Waals surface area (Å²) in [5.41, 5.74) is 3.11. The second-order valence-corrected chi connectivity index (χ2v) is 4.97. The molecule has 110 valence electrons. The van der Waals surface area contributed by atoms with E-state index in [9.17, 15) is 4.79 Å². The molecule has 2 rings (SSSR count). The van der Waals surface area contributed by atoms with Crippen molar-refractivity contribution >= 4 is 35.3 Å². The van der Waals surface area contributed by atoms with Crippen molar-refractivity contribution in [1.29, 1.82) is 0 Å². The smallest absolute Gasteiger partial charge is 0.280 e. The molecule has 21 heavy (non-hydrogen) atoms. The van der Waals surface area contributed by atoms with Crippen LogP contribution in [0.4, 0.5) is 0 Å². The third-order valence-electron chi connectivity index (χ3n) is 2.50. The molecule has 0 aliphatic rings. The first-order valence-corrected chi connectivity index (χ1v) is 6.78. The summed E-state index contributed by atoms with van der Waals surface area (Å²) in [6, 6.07) is 6.48. The van der Waals surface area contributed by atoms with Crippen LogP contribution in [0.1, 0.15) is 12.5 Å². The van der Waals surface area contributed by atoms with Crippen LogP contribution in [0.25, 0.3) is 0 Å². The summed E-state index contributed by atoms with van der Waals surface area (Å²) in [6.07, 6.45) is 3.72. The molecule has 0 aliphatic carbocycles. The van der Waals surface area contributed by atoms with Gasteiger partial charge in [0.25, 0.3) is 5.91 Å². The first kappa shape index (κ1) is 15.4. The van der Waals surface area contributed by atoms with Gasteiger partial charge < -0.3 is 9.15 Å². The van der Waals surface area contributed by atoms with Crippen molar-refractivity contribution < 1.29 is 13.9 Å². The molecular formula is C14H12Cl2N2O3. The maximum Gasteiger partial charge on any atom is 0.280 e. The molecule has 0 saturated carbocycles. The van der Waals surface area contributed by atoms with Crippen LogP contribution in [0, 0.1) is 0 Å². The summed E-state index contributed by atoms with van der Waals surface area (Å²) in [7, 11) is 0. The first-order chi connectivity index (χ1) is 10.1. The molecule has 0 fully saturated rings. The van der Waals surface area contributed by atoms with E-state index < -0.39 is 12.0 Å². The van der Waals surface area contributed by atoms with Gasteiger partial charge in [0.1, 0.15) is 5.75 Å². The van der Waals surface area contributed by atoms with Crippen molar-refractivity contribution in [2.75, 3.05) is 0 Å². The standard InChI is InChI=1S/C14H12Cl2N2O3/c1-9(21-13-3-2-11(15)6-12(13)16)14(19)18-17-7-10-4-5-20-8-10/h2-9H,1H3,(H,18,19)/b17-7+. The number of carbonyl (C=O) groups excluding carboxylic acids is 1. The topological polar surface area (TPSA) is 63.8 Å². The molecule has 1 atom stereocenters. The highest BCUT2D eigenvalue weighted by Crippen LogP contribution is 2.28. The lowest BCUT2D eigenvalue weighted by Gasteiger charge is -2.14. The van der Waals surface area contributed by atoms with E-state index in [-0.39, 0.29) is 0 Å². The lowest BCUT2D eigenvalue weighted by Crippen LogP contribution is -2.33. The van der Waals surface area contributed by atoms with Crippen molar-refractivity contribution in [3.8, 4) is 5.75 Å². The Balaban J connectivity index is 1.90. The number of hydrazone groups is 1. The van der Waals surface area contributed by atoms with E-state index in [4.69, 9.17) is 32.4 Å². The molecular weight excluding hydrogens is 315 g/mol. The molecule has 1 unspecified atom stereocenters. The van der Waals surface area contributed by atoms with Gasteiger partial charge in [-0.15, -0.1) is 0 Å². The molecule has 1 aromatic carbocycles. The van der Waals surface area contributed by atoms with Crippen LogP contribution in [-0.4, -0.2) is 18.2 Å². The fourth-order valence-corrected chi connectivity index (χ4v) is 1.88. The van der Waals surface area contributed by atoms with E-state index in [0.29, 0.717) is 15.8 Å². The SMILES string of the molecule is CC(Oc1ccc(Cl)cc1Cl)C(=O)N/N=C/c1ccoc1. The largest absolute Gasteiger partial charge is 0.479 e. The normalized spacial score (nSPS) is 12.3. The quantitative estimate of drug-likeness (QED) is 0.675. The van der Waals surface area contributed by atoms with E-state index in [1.165, 1.54) is 18.7 Å². The van der Waals surface area contributed by atoms with Gasteiger partial charge in [-0.05, 0) is 31.2 Å². The molecule has 1 aromatic heterocycles. The molecule has 0 bridgehead atoms. The lowest BCUT2D eigenvalue weighted by molar-refractivity contribution is -0.127. The van der Waals surface area contributed by atoms with Crippen LogP contribution < -0.4 is 10.2 Å². The Hall–Kier alpha value is -1.98. The average Bonchev–Trinajstić information content (AvgIpc) is 2.95. The number of halogens is 2. The molecule has 0 aliphatic heterocycles.